The molecule has 0 aliphatic rings. The summed E-state index contributed by atoms with van der Waals surface area (Å²) in [5.74, 6) is 4.32. The van der Waals surface area contributed by atoms with Crippen molar-refractivity contribution in [1.29, 1.82) is 0 Å². The van der Waals surface area contributed by atoms with Gasteiger partial charge < -0.3 is 10.7 Å². The number of hydrogen-bond donors (Lipinski definition) is 3. The van der Waals surface area contributed by atoms with Gasteiger partial charge in [-0.05, 0) is 42.8 Å². The van der Waals surface area contributed by atoms with Gasteiger partial charge in [0.05, 0.1) is 27.9 Å². The van der Waals surface area contributed by atoms with Crippen molar-refractivity contribution in [3.05, 3.63) is 81.9 Å². The number of nitrogens with zero attached hydrogens (tertiary/aromatic N) is 2. The Labute approximate surface area is 196 Å². The number of carbonyl (C=O) groups excluding carboxylic acids is 2. The second-order valence-electron chi connectivity index (χ2n) is 7.47. The van der Waals surface area contributed by atoms with Crippen molar-refractivity contribution in [2.45, 2.75) is 13.1 Å². The van der Waals surface area contributed by atoms with Crippen LogP contribution in [0.15, 0.2) is 54.6 Å². The van der Waals surface area contributed by atoms with Crippen LogP contribution in [0, 0.1) is 6.92 Å². The largest absolute Gasteiger partial charge is 0.417 e. The first-order chi connectivity index (χ1) is 16.0. The lowest BCUT2D eigenvalue weighted by Crippen LogP contribution is -2.38. The summed E-state index contributed by atoms with van der Waals surface area (Å²) in [4.78, 5) is 32.5. The third kappa shape index (κ3) is 4.09. The maximum atomic E-state index is 13.4. The van der Waals surface area contributed by atoms with Crippen LogP contribution in [-0.2, 0) is 6.18 Å². The monoisotopic (exact) mass is 487 g/mol. The van der Waals surface area contributed by atoms with E-state index in [1.165, 1.54) is 24.3 Å². The molecule has 0 fully saturated rings. The van der Waals surface area contributed by atoms with Crippen LogP contribution in [-0.4, -0.2) is 21.8 Å². The summed E-state index contributed by atoms with van der Waals surface area (Å²) >= 11 is 6.19. The number of anilines is 1. The molecular weight excluding hydrogens is 471 g/mol. The molecule has 7 nitrogen and oxygen atoms in total. The zero-order valence-electron chi connectivity index (χ0n) is 17.6. The zero-order chi connectivity index (χ0) is 24.8. The van der Waals surface area contributed by atoms with Crippen LogP contribution in [0.1, 0.15) is 31.8 Å². The molecule has 0 unspecified atom stereocenters. The Morgan fingerprint density at radius 1 is 1.06 bits per heavy atom. The molecule has 0 saturated heterocycles. The number of benzene rings is 3. The topological polar surface area (TPSA) is 118 Å². The Morgan fingerprint density at radius 3 is 2.44 bits per heavy atom. The second-order valence-corrected chi connectivity index (χ2v) is 7.88. The lowest BCUT2D eigenvalue weighted by molar-refractivity contribution is -0.137. The number of alkyl halides is 3. The average molecular weight is 488 g/mol. The molecule has 0 aliphatic carbocycles. The van der Waals surface area contributed by atoms with E-state index in [2.05, 4.69) is 9.97 Å². The molecule has 4 rings (SSSR count). The van der Waals surface area contributed by atoms with Gasteiger partial charge in [0.25, 0.3) is 11.8 Å². The van der Waals surface area contributed by atoms with Crippen LogP contribution in [0.2, 0.25) is 5.02 Å². The first-order valence-corrected chi connectivity index (χ1v) is 10.2. The van der Waals surface area contributed by atoms with Crippen molar-refractivity contribution >= 4 is 40.1 Å². The number of primary amides is 1. The number of nitrogens with one attached hydrogen (secondary N) is 1. The van der Waals surface area contributed by atoms with Crippen LogP contribution in [0.25, 0.3) is 22.4 Å². The third-order valence-corrected chi connectivity index (χ3v) is 5.73. The number of fused-ring (bicyclic) bond motifs is 1. The number of aromatic amines is 1. The summed E-state index contributed by atoms with van der Waals surface area (Å²) < 4.78 is 40.1. The van der Waals surface area contributed by atoms with Crippen molar-refractivity contribution in [2.24, 2.45) is 11.6 Å². The number of hydrazine groups is 1. The van der Waals surface area contributed by atoms with Crippen molar-refractivity contribution in [1.82, 2.24) is 9.97 Å². The average Bonchev–Trinajstić information content (AvgIpc) is 3.22. The highest BCUT2D eigenvalue weighted by atomic mass is 35.5. The Morgan fingerprint density at radius 2 is 1.76 bits per heavy atom. The minimum absolute atomic E-state index is 0.0544. The lowest BCUT2D eigenvalue weighted by Gasteiger charge is -2.20. The van der Waals surface area contributed by atoms with Gasteiger partial charge in [-0.3, -0.25) is 9.59 Å². The van der Waals surface area contributed by atoms with Crippen molar-refractivity contribution in [3.63, 3.8) is 0 Å². The Kier molecular flexibility index (Phi) is 5.80. The van der Waals surface area contributed by atoms with Gasteiger partial charge in [0.2, 0.25) is 0 Å². The van der Waals surface area contributed by atoms with E-state index < -0.39 is 29.1 Å². The molecule has 0 bridgehead atoms. The van der Waals surface area contributed by atoms with Crippen LogP contribution in [0.3, 0.4) is 0 Å². The maximum absolute atomic E-state index is 13.4. The van der Waals surface area contributed by atoms with Crippen LogP contribution >= 0.6 is 11.6 Å². The molecule has 0 spiro atoms. The summed E-state index contributed by atoms with van der Waals surface area (Å²) in [5.41, 5.74) is 5.53. The molecule has 2 amide bonds. The van der Waals surface area contributed by atoms with E-state index in [-0.39, 0.29) is 16.8 Å². The molecule has 34 heavy (non-hydrogen) atoms. The number of hydrogen-bond acceptors (Lipinski definition) is 4. The Balaban J connectivity index is 1.83. The summed E-state index contributed by atoms with van der Waals surface area (Å²) in [6.07, 6.45) is -4.76. The molecule has 1 heterocycles. The SMILES string of the molecule is Cc1c(Cl)cccc1-c1nc2c(C(N)=O)cc(N(N)C(=O)c3ccccc3C(F)(F)F)cc2[nH]1. The molecule has 11 heteroatoms. The normalized spacial score (nSPS) is 11.6. The number of carbonyl (C=O) groups is 2. The van der Waals surface area contributed by atoms with Crippen molar-refractivity contribution in [3.8, 4) is 11.4 Å². The molecule has 174 valence electrons. The fourth-order valence-electron chi connectivity index (χ4n) is 3.58. The third-order valence-electron chi connectivity index (χ3n) is 5.32. The number of aromatic nitrogens is 2. The molecule has 0 atom stereocenters. The van der Waals surface area contributed by atoms with E-state index in [1.54, 1.807) is 25.1 Å². The molecule has 1 aromatic heterocycles. The molecule has 3 aromatic carbocycles. The lowest BCUT2D eigenvalue weighted by atomic mass is 10.1. The summed E-state index contributed by atoms with van der Waals surface area (Å²) in [6.45, 7) is 1.80. The molecule has 0 aliphatic heterocycles. The number of imidazole rings is 1. The van der Waals surface area contributed by atoms with E-state index >= 15 is 0 Å². The first-order valence-electron chi connectivity index (χ1n) is 9.83. The predicted molar refractivity (Wildman–Crippen MR) is 122 cm³/mol. The molecule has 5 N–H and O–H groups in total. The standard InChI is InChI=1S/C23H17ClF3N5O2/c1-11-13(6-4-8-17(11)24)21-30-18-10-12(9-15(20(28)33)19(18)31-21)32(29)22(34)14-5-2-3-7-16(14)23(25,26)27/h2-10H,29H2,1H3,(H2,28,33)(H,30,31). The first kappa shape index (κ1) is 23.3. The highest BCUT2D eigenvalue weighted by molar-refractivity contribution is 6.31. The van der Waals surface area contributed by atoms with Gasteiger partial charge >= 0.3 is 6.18 Å². The molecular formula is C23H17ClF3N5O2. The highest BCUT2D eigenvalue weighted by Crippen LogP contribution is 2.34. The Bertz CT molecular complexity index is 1450. The number of amides is 2. The van der Waals surface area contributed by atoms with Gasteiger partial charge in [0.15, 0.2) is 0 Å². The quantitative estimate of drug-likeness (QED) is 0.217. The summed E-state index contributed by atoms with van der Waals surface area (Å²) in [6, 6.07) is 12.1. The van der Waals surface area contributed by atoms with Crippen LogP contribution in [0.5, 0.6) is 0 Å². The fourth-order valence-corrected chi connectivity index (χ4v) is 3.76. The Hall–Kier alpha value is -3.89. The van der Waals surface area contributed by atoms with E-state index in [9.17, 15) is 22.8 Å². The van der Waals surface area contributed by atoms with Crippen LogP contribution in [0.4, 0.5) is 18.9 Å². The number of H-pyrrole nitrogens is 1. The number of nitrogens with two attached hydrogens (primary N) is 2. The van der Waals surface area contributed by atoms with Gasteiger partial charge in [-0.25, -0.2) is 15.8 Å². The highest BCUT2D eigenvalue weighted by Gasteiger charge is 2.36. The minimum Gasteiger partial charge on any atom is -0.366 e. The minimum atomic E-state index is -4.76. The molecule has 0 saturated carbocycles. The van der Waals surface area contributed by atoms with Gasteiger partial charge in [-0.15, -0.1) is 0 Å². The smallest absolute Gasteiger partial charge is 0.366 e. The van der Waals surface area contributed by atoms with E-state index in [0.717, 1.165) is 17.7 Å². The van der Waals surface area contributed by atoms with Gasteiger partial charge in [0.1, 0.15) is 11.3 Å². The number of rotatable bonds is 4. The zero-order valence-corrected chi connectivity index (χ0v) is 18.3. The summed E-state index contributed by atoms with van der Waals surface area (Å²) in [7, 11) is 0. The molecule has 0 radical (unpaired) electrons. The second kappa shape index (κ2) is 8.47. The predicted octanol–water partition coefficient (Wildman–Crippen LogP) is 4.83. The van der Waals surface area contributed by atoms with Gasteiger partial charge in [0, 0.05) is 10.6 Å². The fraction of sp³-hybridized carbons (Fsp3) is 0.0870. The van der Waals surface area contributed by atoms with E-state index in [0.29, 0.717) is 26.9 Å². The number of halogens is 4. The van der Waals surface area contributed by atoms with Crippen molar-refractivity contribution < 1.29 is 22.8 Å². The van der Waals surface area contributed by atoms with E-state index in [4.69, 9.17) is 23.2 Å². The maximum Gasteiger partial charge on any atom is 0.417 e. The summed E-state index contributed by atoms with van der Waals surface area (Å²) in [5, 5.41) is 1.04. The van der Waals surface area contributed by atoms with Gasteiger partial charge in [-0.2, -0.15) is 13.2 Å². The molecule has 4 aromatic rings. The van der Waals surface area contributed by atoms with Crippen molar-refractivity contribution in [2.75, 3.05) is 5.01 Å². The van der Waals surface area contributed by atoms with Gasteiger partial charge in [-0.1, -0.05) is 35.9 Å². The van der Waals surface area contributed by atoms with Crippen LogP contribution < -0.4 is 16.6 Å². The van der Waals surface area contributed by atoms with E-state index in [1.807, 2.05) is 0 Å².